The average molecular weight is 534 g/mol. The average Bonchev–Trinajstić information content (AvgIpc) is 3.35. The molecule has 0 radical (unpaired) electrons. The number of aryl methyl sites for hydroxylation is 1. The molecule has 1 unspecified atom stereocenters. The van der Waals surface area contributed by atoms with Gasteiger partial charge in [-0.1, -0.05) is 6.92 Å². The van der Waals surface area contributed by atoms with Crippen molar-refractivity contribution in [1.29, 1.82) is 4.78 Å². The van der Waals surface area contributed by atoms with Crippen molar-refractivity contribution in [2.24, 2.45) is 7.05 Å². The van der Waals surface area contributed by atoms with Gasteiger partial charge in [0.1, 0.15) is 12.0 Å². The van der Waals surface area contributed by atoms with Gasteiger partial charge in [-0.15, -0.1) is 5.10 Å². The summed E-state index contributed by atoms with van der Waals surface area (Å²) in [5, 5.41) is 3.86. The molecule has 0 aliphatic heterocycles. The van der Waals surface area contributed by atoms with Gasteiger partial charge in [-0.3, -0.25) is 0 Å². The Bertz CT molecular complexity index is 1640. The largest absolute Gasteiger partial charge is 0.483 e. The summed E-state index contributed by atoms with van der Waals surface area (Å²) in [5.41, 5.74) is -5.05. The lowest BCUT2D eigenvalue weighted by Gasteiger charge is -2.11. The van der Waals surface area contributed by atoms with E-state index in [1.54, 1.807) is 0 Å². The molecule has 3 aromatic heterocycles. The third-order valence-electron chi connectivity index (χ3n) is 4.98. The number of hydrogen-bond acceptors (Lipinski definition) is 8. The maximum Gasteiger partial charge on any atom is 0.483 e. The maximum absolute atomic E-state index is 13.1. The van der Waals surface area contributed by atoms with Crippen LogP contribution in [0.3, 0.4) is 0 Å². The number of nitrogens with one attached hydrogen (secondary N) is 1. The first kappa shape index (κ1) is 24.1. The molecule has 34 heavy (non-hydrogen) atoms. The zero-order valence-corrected chi connectivity index (χ0v) is 19.8. The number of sulfone groups is 1. The van der Waals surface area contributed by atoms with Gasteiger partial charge in [-0.2, -0.15) is 13.2 Å². The Balaban J connectivity index is 1.98. The lowest BCUT2D eigenvalue weighted by atomic mass is 10.3. The Morgan fingerprint density at radius 2 is 1.82 bits per heavy atom. The number of rotatable bonds is 5. The van der Waals surface area contributed by atoms with Crippen LogP contribution in [0.5, 0.6) is 0 Å². The van der Waals surface area contributed by atoms with Gasteiger partial charge in [0.05, 0.1) is 26.6 Å². The van der Waals surface area contributed by atoms with Crippen molar-refractivity contribution in [1.82, 2.24) is 29.3 Å². The second kappa shape index (κ2) is 8.02. The van der Waals surface area contributed by atoms with Crippen LogP contribution in [-0.4, -0.2) is 53.2 Å². The molecule has 4 rings (SSSR count). The highest BCUT2D eigenvalue weighted by atomic mass is 35.5. The number of imidazole rings is 1. The number of pyridine rings is 1. The molecule has 1 aromatic carbocycles. The van der Waals surface area contributed by atoms with Crippen molar-refractivity contribution in [2.45, 2.75) is 22.2 Å². The van der Waals surface area contributed by atoms with Crippen LogP contribution < -0.4 is 0 Å². The summed E-state index contributed by atoms with van der Waals surface area (Å²) in [6, 6.07) is 5.78. The Morgan fingerprint density at radius 1 is 1.12 bits per heavy atom. The minimum Gasteiger partial charge on any atom is -0.326 e. The van der Waals surface area contributed by atoms with Crippen LogP contribution >= 0.6 is 11.6 Å². The first-order valence-electron chi connectivity index (χ1n) is 9.39. The summed E-state index contributed by atoms with van der Waals surface area (Å²) in [4.78, 5) is 11.5. The summed E-state index contributed by atoms with van der Waals surface area (Å²) >= 11 is 5.75. The van der Waals surface area contributed by atoms with Crippen molar-refractivity contribution >= 4 is 42.2 Å². The van der Waals surface area contributed by atoms with Crippen LogP contribution in [-0.2, 0) is 26.6 Å². The highest BCUT2D eigenvalue weighted by molar-refractivity contribution is 7.93. The summed E-state index contributed by atoms with van der Waals surface area (Å²) < 4.78 is 86.9. The zero-order valence-electron chi connectivity index (χ0n) is 17.4. The molecule has 0 aliphatic rings. The van der Waals surface area contributed by atoms with Crippen LogP contribution in [0.15, 0.2) is 46.5 Å². The van der Waals surface area contributed by atoms with Crippen molar-refractivity contribution in [3.8, 4) is 17.3 Å². The van der Waals surface area contributed by atoms with E-state index in [0.29, 0.717) is 5.52 Å². The van der Waals surface area contributed by atoms with Crippen LogP contribution in [0.25, 0.3) is 28.4 Å². The minimum atomic E-state index is -5.27. The van der Waals surface area contributed by atoms with Gasteiger partial charge >= 0.3 is 5.51 Å². The predicted molar refractivity (Wildman–Crippen MR) is 117 cm³/mol. The number of hydrogen-bond donors (Lipinski definition) is 1. The third kappa shape index (κ3) is 3.92. The first-order chi connectivity index (χ1) is 15.8. The lowest BCUT2D eigenvalue weighted by Crippen LogP contribution is -2.21. The number of nitrogens with zero attached hydrogens (tertiary/aromatic N) is 6. The van der Waals surface area contributed by atoms with Crippen molar-refractivity contribution in [3.63, 3.8) is 0 Å². The second-order valence-corrected chi connectivity index (χ2v) is 11.7. The fourth-order valence-electron chi connectivity index (χ4n) is 3.19. The van der Waals surface area contributed by atoms with E-state index in [9.17, 15) is 25.8 Å². The zero-order chi connectivity index (χ0) is 25.1. The van der Waals surface area contributed by atoms with E-state index < -0.39 is 30.0 Å². The Kier molecular flexibility index (Phi) is 5.69. The maximum atomic E-state index is 13.1. The fraction of sp³-hybridized carbons (Fsp3) is 0.222. The monoisotopic (exact) mass is 533 g/mol. The van der Waals surface area contributed by atoms with E-state index >= 15 is 0 Å². The molecule has 1 atom stereocenters. The van der Waals surface area contributed by atoms with Crippen molar-refractivity contribution in [2.75, 3.05) is 5.75 Å². The smallest absolute Gasteiger partial charge is 0.326 e. The number of alkyl halides is 3. The molecule has 0 saturated heterocycles. The number of halogens is 4. The molecule has 0 amide bonds. The van der Waals surface area contributed by atoms with Crippen LogP contribution in [0.4, 0.5) is 13.2 Å². The van der Waals surface area contributed by atoms with Gasteiger partial charge < -0.3 is 4.57 Å². The summed E-state index contributed by atoms with van der Waals surface area (Å²) in [5.74, 6) is -0.0456. The van der Waals surface area contributed by atoms with Gasteiger partial charge in [0.25, 0.3) is 0 Å². The van der Waals surface area contributed by atoms with Crippen LogP contribution in [0, 0.1) is 4.78 Å². The first-order valence-corrected chi connectivity index (χ1v) is 13.0. The molecule has 3 heterocycles. The highest BCUT2D eigenvalue weighted by Crippen LogP contribution is 2.34. The lowest BCUT2D eigenvalue weighted by molar-refractivity contribution is -0.0406. The van der Waals surface area contributed by atoms with Gasteiger partial charge in [0, 0.05) is 7.05 Å². The van der Waals surface area contributed by atoms with E-state index in [0.717, 1.165) is 12.1 Å². The topological polar surface area (TPSA) is 136 Å². The van der Waals surface area contributed by atoms with E-state index in [1.807, 2.05) is 0 Å². The molecular formula is C18H15ClF3N7O3S2. The van der Waals surface area contributed by atoms with E-state index in [1.165, 1.54) is 47.7 Å². The molecule has 0 bridgehead atoms. The molecule has 0 fully saturated rings. The van der Waals surface area contributed by atoms with Crippen molar-refractivity contribution in [3.05, 3.63) is 41.9 Å². The predicted octanol–water partition coefficient (Wildman–Crippen LogP) is 3.59. The summed E-state index contributed by atoms with van der Waals surface area (Å²) in [6.45, 7) is 1.45. The SMILES string of the molecule is CCS(=O)(=O)c1ccc(-n2cnc(Cl)n2)nc1-c1nc2cc(S(=N)(=O)C(F)(F)F)ccc2n1C. The standard InChI is InChI=1S/C18H15ClF3N7O3S2/c1-3-33(30,31)13-6-7-14(29-9-24-17(19)27-29)26-15(13)16-25-11-8-10(4-5-12(11)28(16)2)34(23,32)18(20,21)22/h4-9,23H,3H2,1-2H3. The van der Waals surface area contributed by atoms with Gasteiger partial charge in [0.15, 0.2) is 31.2 Å². The van der Waals surface area contributed by atoms with Crippen LogP contribution in [0.1, 0.15) is 6.92 Å². The number of aromatic nitrogens is 6. The molecule has 1 N–H and O–H groups in total. The fourth-order valence-corrected chi connectivity index (χ4v) is 5.13. The van der Waals surface area contributed by atoms with Gasteiger partial charge in [0.2, 0.25) is 5.28 Å². The Hall–Kier alpha value is -3.04. The summed E-state index contributed by atoms with van der Waals surface area (Å²) in [6.07, 6.45) is 1.27. The van der Waals surface area contributed by atoms with Gasteiger partial charge in [-0.25, -0.2) is 37.0 Å². The van der Waals surface area contributed by atoms with E-state index in [4.69, 9.17) is 16.4 Å². The van der Waals surface area contributed by atoms with Gasteiger partial charge in [-0.05, 0) is 41.9 Å². The summed E-state index contributed by atoms with van der Waals surface area (Å²) in [7, 11) is -7.37. The van der Waals surface area contributed by atoms with Crippen molar-refractivity contribution < 1.29 is 25.8 Å². The molecule has 10 nitrogen and oxygen atoms in total. The molecule has 4 aromatic rings. The Morgan fingerprint density at radius 3 is 2.41 bits per heavy atom. The molecule has 0 aliphatic carbocycles. The number of fused-ring (bicyclic) bond motifs is 1. The second-order valence-electron chi connectivity index (χ2n) is 7.02. The van der Waals surface area contributed by atoms with E-state index in [-0.39, 0.29) is 38.8 Å². The highest BCUT2D eigenvalue weighted by Gasteiger charge is 2.43. The minimum absolute atomic E-state index is 0.0184. The Labute approximate surface area is 196 Å². The number of benzene rings is 1. The van der Waals surface area contributed by atoms with E-state index in [2.05, 4.69) is 20.1 Å². The molecule has 16 heteroatoms. The molecule has 180 valence electrons. The quantitative estimate of drug-likeness (QED) is 0.414. The third-order valence-corrected chi connectivity index (χ3v) is 8.48. The molecule has 0 saturated carbocycles. The molecular weight excluding hydrogens is 519 g/mol. The van der Waals surface area contributed by atoms with Crippen LogP contribution in [0.2, 0.25) is 5.28 Å². The molecule has 0 spiro atoms. The normalized spacial score (nSPS) is 14.4.